The van der Waals surface area contributed by atoms with Crippen LogP contribution in [0, 0.1) is 24.9 Å². The first kappa shape index (κ1) is 29.8. The van der Waals surface area contributed by atoms with E-state index in [1.54, 1.807) is 18.2 Å². The molecule has 1 aliphatic carbocycles. The van der Waals surface area contributed by atoms with Gasteiger partial charge in [-0.15, -0.1) is 0 Å². The Morgan fingerprint density at radius 1 is 0.800 bits per heavy atom. The van der Waals surface area contributed by atoms with Gasteiger partial charge in [-0.2, -0.15) is 0 Å². The molecule has 2 aromatic rings. The average Bonchev–Trinajstić information content (AvgIpc) is 2.99. The van der Waals surface area contributed by atoms with Gasteiger partial charge in [-0.1, -0.05) is 43.2 Å². The second-order valence-electron chi connectivity index (χ2n) is 8.80. The smallest absolute Gasteiger partial charge is 0.333 e. The summed E-state index contributed by atoms with van der Waals surface area (Å²) in [5.41, 5.74) is 2.74. The predicted octanol–water partition coefficient (Wildman–Crippen LogP) is 5.26. The first-order valence-electron chi connectivity index (χ1n) is 12.6. The van der Waals surface area contributed by atoms with Crippen molar-refractivity contribution in [2.45, 2.75) is 31.6 Å². The molecule has 0 atom stereocenters. The summed E-state index contributed by atoms with van der Waals surface area (Å²) in [7, 11) is 4.87. The molecule has 0 aliphatic heterocycles. The van der Waals surface area contributed by atoms with Crippen molar-refractivity contribution in [2.75, 3.05) is 13.6 Å². The van der Waals surface area contributed by atoms with E-state index in [4.69, 9.17) is 26.1 Å². The van der Waals surface area contributed by atoms with Crippen LogP contribution < -0.4 is 9.47 Å². The van der Waals surface area contributed by atoms with Crippen LogP contribution in [0.15, 0.2) is 79.9 Å². The molecule has 0 heterocycles. The van der Waals surface area contributed by atoms with E-state index in [0.717, 1.165) is 43.4 Å². The zero-order valence-electron chi connectivity index (χ0n) is 22.0. The van der Waals surface area contributed by atoms with Gasteiger partial charge in [0.15, 0.2) is 18.6 Å². The number of hydrogen-bond acceptors (Lipinski definition) is 8. The fraction of sp³-hybridized carbons (Fsp3) is 0.250. The lowest BCUT2D eigenvalue weighted by molar-refractivity contribution is -0.146. The molecule has 2 radical (unpaired) electrons. The molecule has 0 saturated heterocycles. The molecule has 206 valence electrons. The van der Waals surface area contributed by atoms with E-state index < -0.39 is 17.9 Å². The summed E-state index contributed by atoms with van der Waals surface area (Å²) in [6.45, 7) is 5.94. The maximum Gasteiger partial charge on any atom is 0.333 e. The second-order valence-corrected chi connectivity index (χ2v) is 8.80. The molecule has 0 amide bonds. The third kappa shape index (κ3) is 9.52. The highest BCUT2D eigenvalue weighted by Gasteiger charge is 2.21. The van der Waals surface area contributed by atoms with Crippen LogP contribution in [0.25, 0.3) is 0 Å². The molecule has 0 aromatic heterocycles. The fourth-order valence-electron chi connectivity index (χ4n) is 4.12. The highest BCUT2D eigenvalue weighted by molar-refractivity contribution is 5.82. The van der Waals surface area contributed by atoms with Gasteiger partial charge in [0.1, 0.15) is 0 Å². The summed E-state index contributed by atoms with van der Waals surface area (Å²) >= 11 is 0. The number of allylic oxidation sites excluding steroid dienone is 1. The summed E-state index contributed by atoms with van der Waals surface area (Å²) in [6, 6.07) is 13.2. The lowest BCUT2D eigenvalue weighted by Crippen LogP contribution is -2.12. The van der Waals surface area contributed by atoms with E-state index in [0.29, 0.717) is 17.4 Å². The van der Waals surface area contributed by atoms with E-state index in [-0.39, 0.29) is 25.1 Å². The number of carbonyl (C=O) groups is 3. The van der Waals surface area contributed by atoms with E-state index in [2.05, 4.69) is 41.9 Å². The zero-order valence-corrected chi connectivity index (χ0v) is 22.0. The predicted molar refractivity (Wildman–Crippen MR) is 147 cm³/mol. The number of ether oxygens (including phenoxy) is 5. The van der Waals surface area contributed by atoms with Crippen molar-refractivity contribution < 1.29 is 38.1 Å². The summed E-state index contributed by atoms with van der Waals surface area (Å²) in [6.07, 6.45) is 9.37. The Hall–Kier alpha value is -4.77. The van der Waals surface area contributed by atoms with Crippen LogP contribution in [-0.4, -0.2) is 31.5 Å². The van der Waals surface area contributed by atoms with E-state index >= 15 is 0 Å². The fourth-order valence-corrected chi connectivity index (χ4v) is 4.12. The van der Waals surface area contributed by atoms with Gasteiger partial charge < -0.3 is 23.7 Å². The van der Waals surface area contributed by atoms with Crippen LogP contribution in [0.1, 0.15) is 48.3 Å². The van der Waals surface area contributed by atoms with Crippen molar-refractivity contribution in [3.05, 3.63) is 104 Å². The third-order valence-corrected chi connectivity index (χ3v) is 6.23. The minimum absolute atomic E-state index is 0.249. The maximum absolute atomic E-state index is 11.3. The SMILES string of the molecule is [CH]OC(=O)/C=C/C1CCC(c2ccc(C#Cc3ccc(OCOC(=O)C=C)c(OCOC(=O)C=C)c3)cc2)CC1. The molecule has 0 spiro atoms. The average molecular weight is 543 g/mol. The van der Waals surface area contributed by atoms with Crippen LogP contribution in [0.2, 0.25) is 0 Å². The molecule has 40 heavy (non-hydrogen) atoms. The number of carbonyl (C=O) groups excluding carboxylic acids is 3. The summed E-state index contributed by atoms with van der Waals surface area (Å²) in [5.74, 6) is 5.75. The maximum atomic E-state index is 11.3. The second kappa shape index (κ2) is 15.6. The van der Waals surface area contributed by atoms with Crippen molar-refractivity contribution in [3.63, 3.8) is 0 Å². The van der Waals surface area contributed by atoms with Gasteiger partial charge in [0, 0.05) is 29.4 Å². The molecular weight excluding hydrogens is 512 g/mol. The Morgan fingerprint density at radius 3 is 1.98 bits per heavy atom. The minimum Gasteiger partial charge on any atom is -0.453 e. The van der Waals surface area contributed by atoms with Crippen molar-refractivity contribution >= 4 is 17.9 Å². The van der Waals surface area contributed by atoms with Gasteiger partial charge >= 0.3 is 17.9 Å². The van der Waals surface area contributed by atoms with Crippen molar-refractivity contribution in [3.8, 4) is 23.3 Å². The summed E-state index contributed by atoms with van der Waals surface area (Å²) < 4.78 is 24.9. The number of benzene rings is 2. The zero-order chi connectivity index (χ0) is 28.7. The van der Waals surface area contributed by atoms with Gasteiger partial charge in [0.2, 0.25) is 13.6 Å². The molecule has 0 bridgehead atoms. The molecule has 1 aliphatic rings. The molecule has 1 fully saturated rings. The topological polar surface area (TPSA) is 97.4 Å². The van der Waals surface area contributed by atoms with Crippen LogP contribution >= 0.6 is 0 Å². The highest BCUT2D eigenvalue weighted by atomic mass is 16.7. The van der Waals surface area contributed by atoms with Gasteiger partial charge in [0.25, 0.3) is 0 Å². The molecule has 0 unspecified atom stereocenters. The number of hydrogen-bond donors (Lipinski definition) is 0. The Labute approximate surface area is 234 Å². The van der Waals surface area contributed by atoms with E-state index in [1.165, 1.54) is 11.6 Å². The van der Waals surface area contributed by atoms with Gasteiger partial charge in [-0.25, -0.2) is 14.4 Å². The van der Waals surface area contributed by atoms with Crippen LogP contribution in [0.3, 0.4) is 0 Å². The first-order chi connectivity index (χ1) is 19.4. The molecule has 8 heteroatoms. The Kier molecular flexibility index (Phi) is 11.6. The first-order valence-corrected chi connectivity index (χ1v) is 12.6. The van der Waals surface area contributed by atoms with E-state index in [9.17, 15) is 14.4 Å². The van der Waals surface area contributed by atoms with Crippen molar-refractivity contribution in [1.82, 2.24) is 0 Å². The van der Waals surface area contributed by atoms with E-state index in [1.807, 2.05) is 18.2 Å². The normalized spacial score (nSPS) is 16.1. The van der Waals surface area contributed by atoms with Gasteiger partial charge in [-0.05, 0) is 73.4 Å². The third-order valence-electron chi connectivity index (χ3n) is 6.23. The molecule has 3 rings (SSSR count). The van der Waals surface area contributed by atoms with Crippen molar-refractivity contribution in [1.29, 1.82) is 0 Å². The van der Waals surface area contributed by atoms with Gasteiger partial charge in [0.05, 0.1) is 0 Å². The lowest BCUT2D eigenvalue weighted by atomic mass is 9.78. The van der Waals surface area contributed by atoms with Crippen molar-refractivity contribution in [2.24, 2.45) is 5.92 Å². The quantitative estimate of drug-likeness (QED) is 0.125. The Morgan fingerprint density at radius 2 is 1.38 bits per heavy atom. The Balaban J connectivity index is 1.63. The molecule has 2 aromatic carbocycles. The lowest BCUT2D eigenvalue weighted by Gasteiger charge is -2.27. The van der Waals surface area contributed by atoms with Crippen LogP contribution in [0.4, 0.5) is 0 Å². The molecule has 0 N–H and O–H groups in total. The standard InChI is InChI=1S/C32H30O8/c1-4-30(33)39-21-37-28-18-12-25(20-29(28)38-22-40-31(34)5-2)7-6-23-8-14-26(15-9-23)27-16-10-24(11-17-27)13-19-32(35)36-3/h3-5,8-9,12-15,18-20,24,27H,1-2,10-11,16-17,21-22H2/b19-13+. The number of rotatable bonds is 11. The molecular formula is C32H30O8. The molecule has 1 saturated carbocycles. The summed E-state index contributed by atoms with van der Waals surface area (Å²) in [4.78, 5) is 33.8. The number of esters is 3. The largest absolute Gasteiger partial charge is 0.453 e. The Bertz CT molecular complexity index is 1290. The highest BCUT2D eigenvalue weighted by Crippen LogP contribution is 2.36. The monoisotopic (exact) mass is 542 g/mol. The van der Waals surface area contributed by atoms with Crippen LogP contribution in [0.5, 0.6) is 11.5 Å². The minimum atomic E-state index is -0.638. The molecule has 8 nitrogen and oxygen atoms in total. The van der Waals surface area contributed by atoms with Gasteiger partial charge in [-0.3, -0.25) is 0 Å². The summed E-state index contributed by atoms with van der Waals surface area (Å²) in [5, 5.41) is 0. The van der Waals surface area contributed by atoms with Crippen LogP contribution in [-0.2, 0) is 28.6 Å².